The molecule has 1 unspecified atom stereocenters. The van der Waals surface area contributed by atoms with Crippen molar-refractivity contribution in [2.45, 2.75) is 33.6 Å². The van der Waals surface area contributed by atoms with E-state index < -0.39 is 11.4 Å². The molecule has 0 bridgehead atoms. The normalized spacial score (nSPS) is 23.5. The van der Waals surface area contributed by atoms with Crippen molar-refractivity contribution in [3.63, 3.8) is 0 Å². The number of hydrogen-bond donors (Lipinski definition) is 1. The highest BCUT2D eigenvalue weighted by molar-refractivity contribution is 5.79. The van der Waals surface area contributed by atoms with Crippen LogP contribution in [0.2, 0.25) is 0 Å². The number of amides is 2. The molecule has 1 aliphatic rings. The third-order valence-electron chi connectivity index (χ3n) is 3.72. The molecule has 0 aliphatic carbocycles. The molecule has 1 saturated heterocycles. The second-order valence-electron chi connectivity index (χ2n) is 5.67. The minimum absolute atomic E-state index is 0.0553. The summed E-state index contributed by atoms with van der Waals surface area (Å²) in [6.07, 6.45) is 1.13. The van der Waals surface area contributed by atoms with Gasteiger partial charge in [0.1, 0.15) is 0 Å². The Morgan fingerprint density at radius 1 is 1.44 bits per heavy atom. The molecule has 18 heavy (non-hydrogen) atoms. The van der Waals surface area contributed by atoms with Crippen LogP contribution in [-0.4, -0.2) is 53.6 Å². The average molecular weight is 256 g/mol. The van der Waals surface area contributed by atoms with Gasteiger partial charge in [-0.2, -0.15) is 0 Å². The molecule has 1 fully saturated rings. The average Bonchev–Trinajstić information content (AvgIpc) is 2.72. The predicted molar refractivity (Wildman–Crippen MR) is 69.4 cm³/mol. The van der Waals surface area contributed by atoms with E-state index in [1.165, 1.54) is 0 Å². The maximum absolute atomic E-state index is 12.2. The van der Waals surface area contributed by atoms with Crippen molar-refractivity contribution < 1.29 is 14.7 Å². The molecular formula is C13H24N2O3. The highest BCUT2D eigenvalue weighted by atomic mass is 16.4. The van der Waals surface area contributed by atoms with E-state index in [0.29, 0.717) is 38.4 Å². The first-order valence-electron chi connectivity index (χ1n) is 6.56. The number of likely N-dealkylation sites (tertiary alicyclic amines) is 1. The second-order valence-corrected chi connectivity index (χ2v) is 5.67. The van der Waals surface area contributed by atoms with Gasteiger partial charge in [-0.1, -0.05) is 20.8 Å². The van der Waals surface area contributed by atoms with Crippen molar-refractivity contribution in [3.8, 4) is 0 Å². The van der Waals surface area contributed by atoms with Crippen LogP contribution in [0, 0.1) is 11.3 Å². The molecule has 0 radical (unpaired) electrons. The summed E-state index contributed by atoms with van der Waals surface area (Å²) in [5, 5.41) is 9.30. The molecule has 1 atom stereocenters. The maximum atomic E-state index is 12.2. The van der Waals surface area contributed by atoms with Gasteiger partial charge >= 0.3 is 12.0 Å². The highest BCUT2D eigenvalue weighted by Gasteiger charge is 2.45. The number of carbonyl (C=O) groups excluding carboxylic acids is 1. The van der Waals surface area contributed by atoms with Crippen LogP contribution < -0.4 is 0 Å². The zero-order valence-corrected chi connectivity index (χ0v) is 11.8. The number of carbonyl (C=O) groups is 2. The van der Waals surface area contributed by atoms with Crippen LogP contribution in [0.15, 0.2) is 0 Å². The van der Waals surface area contributed by atoms with E-state index >= 15 is 0 Å². The van der Waals surface area contributed by atoms with Crippen molar-refractivity contribution >= 4 is 12.0 Å². The Morgan fingerprint density at radius 2 is 2.06 bits per heavy atom. The number of hydrogen-bond acceptors (Lipinski definition) is 2. The van der Waals surface area contributed by atoms with E-state index in [2.05, 4.69) is 13.8 Å². The molecule has 0 aromatic heterocycles. The molecule has 5 heteroatoms. The van der Waals surface area contributed by atoms with Gasteiger partial charge in [0.2, 0.25) is 0 Å². The van der Waals surface area contributed by atoms with E-state index in [9.17, 15) is 14.7 Å². The van der Waals surface area contributed by atoms with E-state index in [-0.39, 0.29) is 6.03 Å². The van der Waals surface area contributed by atoms with Crippen molar-refractivity contribution in [2.75, 3.05) is 26.7 Å². The van der Waals surface area contributed by atoms with Crippen LogP contribution in [0.4, 0.5) is 4.79 Å². The monoisotopic (exact) mass is 256 g/mol. The Bertz CT molecular complexity index is 330. The van der Waals surface area contributed by atoms with Crippen molar-refractivity contribution in [3.05, 3.63) is 0 Å². The largest absolute Gasteiger partial charge is 0.481 e. The van der Waals surface area contributed by atoms with Gasteiger partial charge in [0.05, 0.1) is 5.41 Å². The quantitative estimate of drug-likeness (QED) is 0.835. The first-order valence-corrected chi connectivity index (χ1v) is 6.56. The van der Waals surface area contributed by atoms with Crippen molar-refractivity contribution in [1.82, 2.24) is 9.80 Å². The Hall–Kier alpha value is -1.26. The van der Waals surface area contributed by atoms with Crippen LogP contribution in [0.3, 0.4) is 0 Å². The summed E-state index contributed by atoms with van der Waals surface area (Å²) in [7, 11) is 1.77. The molecule has 0 saturated carbocycles. The fourth-order valence-electron chi connectivity index (χ4n) is 2.52. The summed E-state index contributed by atoms with van der Waals surface area (Å²) in [4.78, 5) is 26.8. The Labute approximate surface area is 109 Å². The Morgan fingerprint density at radius 3 is 2.44 bits per heavy atom. The third kappa shape index (κ3) is 2.94. The van der Waals surface area contributed by atoms with Gasteiger partial charge in [0.15, 0.2) is 0 Å². The van der Waals surface area contributed by atoms with Gasteiger partial charge in [-0.3, -0.25) is 4.79 Å². The van der Waals surface area contributed by atoms with Crippen LogP contribution in [-0.2, 0) is 4.79 Å². The summed E-state index contributed by atoms with van der Waals surface area (Å²) in [6, 6.07) is -0.0553. The van der Waals surface area contributed by atoms with Crippen LogP contribution in [0.25, 0.3) is 0 Å². The SMILES string of the molecule is CCC1(C(=O)O)CCN(C(=O)N(C)CC(C)C)C1. The maximum Gasteiger partial charge on any atom is 0.319 e. The van der Waals surface area contributed by atoms with Gasteiger partial charge in [-0.15, -0.1) is 0 Å². The minimum Gasteiger partial charge on any atom is -0.481 e. The zero-order chi connectivity index (χ0) is 13.9. The summed E-state index contributed by atoms with van der Waals surface area (Å²) >= 11 is 0. The van der Waals surface area contributed by atoms with Crippen molar-refractivity contribution in [1.29, 1.82) is 0 Å². The topological polar surface area (TPSA) is 60.9 Å². The van der Waals surface area contributed by atoms with E-state index in [4.69, 9.17) is 0 Å². The molecule has 1 aliphatic heterocycles. The third-order valence-corrected chi connectivity index (χ3v) is 3.72. The summed E-state index contributed by atoms with van der Waals surface area (Å²) in [5.41, 5.74) is -0.742. The molecule has 2 amide bonds. The van der Waals surface area contributed by atoms with E-state index in [0.717, 1.165) is 0 Å². The Balaban J connectivity index is 2.66. The van der Waals surface area contributed by atoms with Gasteiger partial charge < -0.3 is 14.9 Å². The number of nitrogens with zero attached hydrogens (tertiary/aromatic N) is 2. The number of aliphatic carboxylic acids is 1. The number of carboxylic acids is 1. The standard InChI is InChI=1S/C13H24N2O3/c1-5-13(11(16)17)6-7-15(9-13)12(18)14(4)8-10(2)3/h10H,5-9H2,1-4H3,(H,16,17). The molecule has 1 N–H and O–H groups in total. The summed E-state index contributed by atoms with van der Waals surface area (Å²) in [6.45, 7) is 7.56. The molecule has 0 aromatic carbocycles. The summed E-state index contributed by atoms with van der Waals surface area (Å²) in [5.74, 6) is -0.372. The number of urea groups is 1. The number of carboxylic acid groups (broad SMARTS) is 1. The fraction of sp³-hybridized carbons (Fsp3) is 0.846. The summed E-state index contributed by atoms with van der Waals surface area (Å²) < 4.78 is 0. The molecule has 5 nitrogen and oxygen atoms in total. The Kier molecular flexibility index (Phi) is 4.59. The smallest absolute Gasteiger partial charge is 0.319 e. The van der Waals surface area contributed by atoms with Crippen molar-refractivity contribution in [2.24, 2.45) is 11.3 Å². The fourth-order valence-corrected chi connectivity index (χ4v) is 2.52. The molecule has 0 spiro atoms. The molecule has 1 rings (SSSR count). The van der Waals surface area contributed by atoms with Gasteiger partial charge in [0.25, 0.3) is 0 Å². The van der Waals surface area contributed by atoms with Crippen LogP contribution in [0.1, 0.15) is 33.6 Å². The lowest BCUT2D eigenvalue weighted by Gasteiger charge is -2.27. The first-order chi connectivity index (χ1) is 8.32. The zero-order valence-electron chi connectivity index (χ0n) is 11.8. The molecule has 1 heterocycles. The lowest BCUT2D eigenvalue weighted by molar-refractivity contribution is -0.148. The lowest BCUT2D eigenvalue weighted by Crippen LogP contribution is -2.43. The molecule has 0 aromatic rings. The second kappa shape index (κ2) is 5.59. The predicted octanol–water partition coefficient (Wildman–Crippen LogP) is 1.88. The molecular weight excluding hydrogens is 232 g/mol. The minimum atomic E-state index is -0.785. The highest BCUT2D eigenvalue weighted by Crippen LogP contribution is 2.34. The van der Waals surface area contributed by atoms with Gasteiger partial charge in [0, 0.05) is 26.7 Å². The molecule has 104 valence electrons. The van der Waals surface area contributed by atoms with Crippen LogP contribution >= 0.6 is 0 Å². The van der Waals surface area contributed by atoms with Crippen LogP contribution in [0.5, 0.6) is 0 Å². The lowest BCUT2D eigenvalue weighted by atomic mass is 9.84. The first kappa shape index (κ1) is 14.8. The van der Waals surface area contributed by atoms with E-state index in [1.54, 1.807) is 16.8 Å². The number of rotatable bonds is 4. The van der Waals surface area contributed by atoms with E-state index in [1.807, 2.05) is 6.92 Å². The van der Waals surface area contributed by atoms with Gasteiger partial charge in [-0.25, -0.2) is 4.79 Å². The van der Waals surface area contributed by atoms with Gasteiger partial charge in [-0.05, 0) is 18.8 Å².